The maximum atomic E-state index is 6.54. The summed E-state index contributed by atoms with van der Waals surface area (Å²) < 4.78 is 7.63. The Morgan fingerprint density at radius 2 is 2.24 bits per heavy atom. The minimum atomic E-state index is -0.00738. The predicted octanol–water partition coefficient (Wildman–Crippen LogP) is 3.74. The Balaban J connectivity index is 1.92. The summed E-state index contributed by atoms with van der Waals surface area (Å²) in [6.07, 6.45) is 3.30. The van der Waals surface area contributed by atoms with E-state index in [1.807, 2.05) is 0 Å². The third-order valence-corrected chi connectivity index (χ3v) is 5.54. The summed E-state index contributed by atoms with van der Waals surface area (Å²) in [6.45, 7) is 6.59. The van der Waals surface area contributed by atoms with Crippen LogP contribution in [0.15, 0.2) is 22.7 Å². The van der Waals surface area contributed by atoms with Crippen LogP contribution in [0.5, 0.6) is 5.75 Å². The van der Waals surface area contributed by atoms with Crippen LogP contribution in [0.3, 0.4) is 0 Å². The Hall–Kier alpha value is -0.580. The summed E-state index contributed by atoms with van der Waals surface area (Å²) in [4.78, 5) is 2.44. The summed E-state index contributed by atoms with van der Waals surface area (Å²) in [5.41, 5.74) is 1.30. The summed E-state index contributed by atoms with van der Waals surface area (Å²) in [5.74, 6) is 1.05. The number of hydrogen-bond acceptors (Lipinski definition) is 3. The van der Waals surface area contributed by atoms with Crippen molar-refractivity contribution < 1.29 is 4.74 Å². The number of likely N-dealkylation sites (tertiary alicyclic amines) is 1. The van der Waals surface area contributed by atoms with Gasteiger partial charge in [-0.25, -0.2) is 0 Å². The standard InChI is InChI=1S/C17H25BrN2O/c1-4-19-15-11-17(7-8-20(3)12(2)10-17)21-16-9-13(18)5-6-14(15)16/h5-6,9,12,15,19H,4,7-8,10-11H2,1-3H3. The molecule has 1 N–H and O–H groups in total. The van der Waals surface area contributed by atoms with Crippen LogP contribution < -0.4 is 10.1 Å². The van der Waals surface area contributed by atoms with E-state index >= 15 is 0 Å². The molecule has 0 bridgehead atoms. The van der Waals surface area contributed by atoms with Gasteiger partial charge in [-0.05, 0) is 39.1 Å². The summed E-state index contributed by atoms with van der Waals surface area (Å²) in [6, 6.07) is 7.42. The van der Waals surface area contributed by atoms with Gasteiger partial charge in [-0.2, -0.15) is 0 Å². The number of nitrogens with one attached hydrogen (secondary N) is 1. The van der Waals surface area contributed by atoms with Gasteiger partial charge < -0.3 is 15.0 Å². The summed E-state index contributed by atoms with van der Waals surface area (Å²) >= 11 is 3.57. The number of piperidine rings is 1. The molecule has 2 aliphatic rings. The maximum Gasteiger partial charge on any atom is 0.126 e. The quantitative estimate of drug-likeness (QED) is 0.877. The van der Waals surface area contributed by atoms with Gasteiger partial charge in [-0.3, -0.25) is 0 Å². The third-order valence-electron chi connectivity index (χ3n) is 5.04. The van der Waals surface area contributed by atoms with Crippen LogP contribution in [0.2, 0.25) is 0 Å². The van der Waals surface area contributed by atoms with E-state index in [0.29, 0.717) is 12.1 Å². The van der Waals surface area contributed by atoms with E-state index in [0.717, 1.165) is 42.6 Å². The molecule has 1 aromatic carbocycles. The smallest absolute Gasteiger partial charge is 0.126 e. The van der Waals surface area contributed by atoms with Crippen molar-refractivity contribution in [3.8, 4) is 5.75 Å². The lowest BCUT2D eigenvalue weighted by atomic mass is 9.78. The molecular formula is C17H25BrN2O. The van der Waals surface area contributed by atoms with Gasteiger partial charge in [-0.15, -0.1) is 0 Å². The number of rotatable bonds is 2. The zero-order chi connectivity index (χ0) is 15.0. The molecule has 1 saturated heterocycles. The van der Waals surface area contributed by atoms with E-state index in [2.05, 4.69) is 65.2 Å². The van der Waals surface area contributed by atoms with E-state index in [1.165, 1.54) is 5.56 Å². The van der Waals surface area contributed by atoms with Crippen molar-refractivity contribution in [3.05, 3.63) is 28.2 Å². The van der Waals surface area contributed by atoms with E-state index in [-0.39, 0.29) is 5.60 Å². The highest BCUT2D eigenvalue weighted by atomic mass is 79.9. The van der Waals surface area contributed by atoms with Crippen LogP contribution in [-0.4, -0.2) is 36.7 Å². The molecule has 2 aliphatic heterocycles. The van der Waals surface area contributed by atoms with E-state index in [1.54, 1.807) is 0 Å². The van der Waals surface area contributed by atoms with E-state index in [9.17, 15) is 0 Å². The van der Waals surface area contributed by atoms with Gasteiger partial charge in [0.1, 0.15) is 11.4 Å². The largest absolute Gasteiger partial charge is 0.487 e. The number of hydrogen-bond donors (Lipinski definition) is 1. The Morgan fingerprint density at radius 3 is 2.95 bits per heavy atom. The Labute approximate surface area is 136 Å². The minimum Gasteiger partial charge on any atom is -0.487 e. The molecule has 1 aromatic rings. The van der Waals surface area contributed by atoms with Gasteiger partial charge in [0.2, 0.25) is 0 Å². The highest BCUT2D eigenvalue weighted by Gasteiger charge is 2.44. The first-order valence-corrected chi connectivity index (χ1v) is 8.74. The topological polar surface area (TPSA) is 24.5 Å². The van der Waals surface area contributed by atoms with Gasteiger partial charge in [-0.1, -0.05) is 28.9 Å². The number of ether oxygens (including phenoxy) is 1. The fraction of sp³-hybridized carbons (Fsp3) is 0.647. The molecule has 1 spiro atoms. The van der Waals surface area contributed by atoms with E-state index < -0.39 is 0 Å². The molecule has 0 aliphatic carbocycles. The molecule has 3 rings (SSSR count). The highest BCUT2D eigenvalue weighted by Crippen LogP contribution is 2.45. The minimum absolute atomic E-state index is 0.00738. The van der Waals surface area contributed by atoms with Crippen LogP contribution >= 0.6 is 15.9 Å². The molecule has 0 radical (unpaired) electrons. The molecule has 4 heteroatoms. The number of nitrogens with zero attached hydrogens (tertiary/aromatic N) is 1. The van der Waals surface area contributed by atoms with Crippen LogP contribution in [0.1, 0.15) is 44.7 Å². The second-order valence-corrected chi connectivity index (χ2v) is 7.48. The highest BCUT2D eigenvalue weighted by molar-refractivity contribution is 9.10. The summed E-state index contributed by atoms with van der Waals surface area (Å²) in [5, 5.41) is 3.65. The first-order chi connectivity index (χ1) is 10.0. The van der Waals surface area contributed by atoms with Gasteiger partial charge in [0, 0.05) is 41.5 Å². The predicted molar refractivity (Wildman–Crippen MR) is 89.9 cm³/mol. The fourth-order valence-electron chi connectivity index (χ4n) is 3.74. The normalized spacial score (nSPS) is 32.8. The van der Waals surface area contributed by atoms with Crippen LogP contribution in [0, 0.1) is 0 Å². The lowest BCUT2D eigenvalue weighted by Crippen LogP contribution is -2.54. The van der Waals surface area contributed by atoms with Gasteiger partial charge in [0.25, 0.3) is 0 Å². The van der Waals surface area contributed by atoms with Crippen molar-refractivity contribution >= 4 is 15.9 Å². The molecule has 21 heavy (non-hydrogen) atoms. The van der Waals surface area contributed by atoms with Crippen molar-refractivity contribution in [2.45, 2.75) is 50.8 Å². The zero-order valence-electron chi connectivity index (χ0n) is 13.2. The molecule has 0 amide bonds. The molecule has 3 nitrogen and oxygen atoms in total. The van der Waals surface area contributed by atoms with E-state index in [4.69, 9.17) is 4.74 Å². The second kappa shape index (κ2) is 5.90. The van der Waals surface area contributed by atoms with Crippen molar-refractivity contribution in [2.24, 2.45) is 0 Å². The van der Waals surface area contributed by atoms with Crippen LogP contribution in [0.4, 0.5) is 0 Å². The lowest BCUT2D eigenvalue weighted by molar-refractivity contribution is -0.0389. The number of fused-ring (bicyclic) bond motifs is 1. The number of benzene rings is 1. The molecule has 3 unspecified atom stereocenters. The third kappa shape index (κ3) is 2.99. The SMILES string of the molecule is CCNC1CC2(CCN(C)C(C)C2)Oc2cc(Br)ccc21. The molecular weight excluding hydrogens is 328 g/mol. The molecule has 0 saturated carbocycles. The second-order valence-electron chi connectivity index (χ2n) is 6.57. The molecule has 2 heterocycles. The Bertz CT molecular complexity index is 522. The van der Waals surface area contributed by atoms with Crippen molar-refractivity contribution in [1.82, 2.24) is 10.2 Å². The van der Waals surface area contributed by atoms with Crippen LogP contribution in [-0.2, 0) is 0 Å². The molecule has 116 valence electrons. The van der Waals surface area contributed by atoms with Crippen molar-refractivity contribution in [3.63, 3.8) is 0 Å². The van der Waals surface area contributed by atoms with Gasteiger partial charge >= 0.3 is 0 Å². The monoisotopic (exact) mass is 352 g/mol. The average molecular weight is 353 g/mol. The first kappa shape index (κ1) is 15.3. The molecule has 0 aromatic heterocycles. The lowest BCUT2D eigenvalue weighted by Gasteiger charge is -2.48. The average Bonchev–Trinajstić information content (AvgIpc) is 2.43. The summed E-state index contributed by atoms with van der Waals surface area (Å²) in [7, 11) is 2.21. The Morgan fingerprint density at radius 1 is 1.43 bits per heavy atom. The van der Waals surface area contributed by atoms with Crippen molar-refractivity contribution in [1.29, 1.82) is 0 Å². The maximum absolute atomic E-state index is 6.54. The zero-order valence-corrected chi connectivity index (χ0v) is 14.7. The van der Waals surface area contributed by atoms with Gasteiger partial charge in [0.05, 0.1) is 0 Å². The van der Waals surface area contributed by atoms with Crippen LogP contribution in [0.25, 0.3) is 0 Å². The fourth-order valence-corrected chi connectivity index (χ4v) is 4.08. The van der Waals surface area contributed by atoms with Gasteiger partial charge in [0.15, 0.2) is 0 Å². The molecule has 3 atom stereocenters. The van der Waals surface area contributed by atoms with Crippen molar-refractivity contribution in [2.75, 3.05) is 20.1 Å². The number of halogens is 1. The Kier molecular flexibility index (Phi) is 4.30. The first-order valence-electron chi connectivity index (χ1n) is 7.95. The molecule has 1 fully saturated rings.